The van der Waals surface area contributed by atoms with Gasteiger partial charge in [-0.15, -0.1) is 12.1 Å². The van der Waals surface area contributed by atoms with Crippen LogP contribution in [-0.2, 0) is 16.0 Å². The summed E-state index contributed by atoms with van der Waals surface area (Å²) in [7, 11) is -1.42. The largest absolute Gasteiger partial charge is 0.461 e. The lowest BCUT2D eigenvalue weighted by Gasteiger charge is -2.15. The molecule has 0 aromatic heterocycles. The molecule has 0 heterocycles. The van der Waals surface area contributed by atoms with Gasteiger partial charge in [0.2, 0.25) is 0 Å². The molecule has 0 unspecified atom stereocenters. The Balaban J connectivity index is 2.47. The van der Waals surface area contributed by atoms with Crippen LogP contribution in [0.2, 0.25) is 19.6 Å². The number of rotatable bonds is 7. The number of carbonyl (C=O) groups excluding carboxylic acids is 1. The van der Waals surface area contributed by atoms with Crippen LogP contribution in [0.1, 0.15) is 24.8 Å². The molecule has 0 N–H and O–H groups in total. The van der Waals surface area contributed by atoms with Crippen molar-refractivity contribution in [2.45, 2.75) is 51.4 Å². The Morgan fingerprint density at radius 2 is 2.00 bits per heavy atom. The molecule has 0 saturated heterocycles. The Morgan fingerprint density at radius 3 is 2.59 bits per heavy atom. The summed E-state index contributed by atoms with van der Waals surface area (Å²) in [6.07, 6.45) is 4.26. The lowest BCUT2D eigenvalue weighted by atomic mass is 10.0. The highest BCUT2D eigenvalue weighted by Crippen LogP contribution is 2.11. The zero-order valence-electron chi connectivity index (χ0n) is 13.9. The summed E-state index contributed by atoms with van der Waals surface area (Å²) in [6, 6.07) is 10.2. The van der Waals surface area contributed by atoms with Gasteiger partial charge >= 0.3 is 5.97 Å². The normalized spacial score (nSPS) is 12.0. The van der Waals surface area contributed by atoms with Crippen molar-refractivity contribution in [3.8, 4) is 11.5 Å². The lowest BCUT2D eigenvalue weighted by molar-refractivity contribution is -0.147. The van der Waals surface area contributed by atoms with Crippen LogP contribution in [0.15, 0.2) is 43.0 Å². The molecule has 0 fully saturated rings. The molecule has 0 amide bonds. The van der Waals surface area contributed by atoms with Crippen LogP contribution in [0.3, 0.4) is 0 Å². The van der Waals surface area contributed by atoms with Crippen LogP contribution < -0.4 is 0 Å². The summed E-state index contributed by atoms with van der Waals surface area (Å²) in [4.78, 5) is 11.9. The summed E-state index contributed by atoms with van der Waals surface area (Å²) in [5.41, 5.74) is 4.44. The van der Waals surface area contributed by atoms with Gasteiger partial charge in [-0.2, -0.15) is 0 Å². The standard InChI is InChI=1S/C19H26O2Si/c1-5-10-18(15-14-17-11-7-6-8-12-17)21-19(20)13-9-16-22(2,3)4/h5-8,11-12,18H,1,10,13-15H2,2-4H3/t18-/m1/s1. The second kappa shape index (κ2) is 9.27. The van der Waals surface area contributed by atoms with E-state index >= 15 is 0 Å². The van der Waals surface area contributed by atoms with Crippen LogP contribution in [0.25, 0.3) is 0 Å². The van der Waals surface area contributed by atoms with E-state index in [1.54, 1.807) is 6.08 Å². The van der Waals surface area contributed by atoms with E-state index in [1.807, 2.05) is 18.2 Å². The topological polar surface area (TPSA) is 26.3 Å². The molecule has 0 saturated carbocycles. The highest BCUT2D eigenvalue weighted by Gasteiger charge is 2.13. The van der Waals surface area contributed by atoms with Gasteiger partial charge in [0.25, 0.3) is 0 Å². The summed E-state index contributed by atoms with van der Waals surface area (Å²) >= 11 is 0. The number of carbonyl (C=O) groups is 1. The molecule has 0 aliphatic carbocycles. The molecule has 118 valence electrons. The minimum atomic E-state index is -1.42. The minimum Gasteiger partial charge on any atom is -0.461 e. The second-order valence-corrected chi connectivity index (χ2v) is 11.1. The predicted octanol–water partition coefficient (Wildman–Crippen LogP) is 4.38. The zero-order valence-corrected chi connectivity index (χ0v) is 14.9. The first-order chi connectivity index (χ1) is 10.4. The van der Waals surface area contributed by atoms with Crippen LogP contribution in [0, 0.1) is 11.5 Å². The average Bonchev–Trinajstić information content (AvgIpc) is 2.45. The fourth-order valence-electron chi connectivity index (χ4n) is 1.99. The van der Waals surface area contributed by atoms with Crippen LogP contribution >= 0.6 is 0 Å². The van der Waals surface area contributed by atoms with Crippen molar-refractivity contribution in [2.24, 2.45) is 0 Å². The molecule has 1 aromatic carbocycles. The predicted molar refractivity (Wildman–Crippen MR) is 95.2 cm³/mol. The number of esters is 1. The van der Waals surface area contributed by atoms with Crippen LogP contribution in [0.5, 0.6) is 0 Å². The summed E-state index contributed by atoms with van der Waals surface area (Å²) in [6.45, 7) is 10.2. The van der Waals surface area contributed by atoms with E-state index in [1.165, 1.54) is 5.56 Å². The number of hydrogen-bond donors (Lipinski definition) is 0. The van der Waals surface area contributed by atoms with Crippen LogP contribution in [-0.4, -0.2) is 20.1 Å². The zero-order chi connectivity index (χ0) is 16.4. The molecule has 1 aromatic rings. The van der Waals surface area contributed by atoms with Crippen molar-refractivity contribution in [3.63, 3.8) is 0 Å². The van der Waals surface area contributed by atoms with Crippen molar-refractivity contribution in [1.82, 2.24) is 0 Å². The lowest BCUT2D eigenvalue weighted by Crippen LogP contribution is -2.19. The molecule has 0 radical (unpaired) electrons. The molecule has 0 spiro atoms. The number of aryl methyl sites for hydroxylation is 1. The van der Waals surface area contributed by atoms with Crippen LogP contribution in [0.4, 0.5) is 0 Å². The number of hydrogen-bond acceptors (Lipinski definition) is 2. The van der Waals surface area contributed by atoms with E-state index < -0.39 is 8.07 Å². The van der Waals surface area contributed by atoms with Gasteiger partial charge in [0.1, 0.15) is 20.6 Å². The Hall–Kier alpha value is -1.79. The smallest absolute Gasteiger partial charge is 0.318 e. The molecule has 2 nitrogen and oxygen atoms in total. The summed E-state index contributed by atoms with van der Waals surface area (Å²) in [5.74, 6) is 2.73. The van der Waals surface area contributed by atoms with Gasteiger partial charge in [-0.05, 0) is 18.4 Å². The van der Waals surface area contributed by atoms with Crippen molar-refractivity contribution in [2.75, 3.05) is 0 Å². The fourth-order valence-corrected chi connectivity index (χ4v) is 2.61. The van der Waals surface area contributed by atoms with Crippen molar-refractivity contribution in [1.29, 1.82) is 0 Å². The quantitative estimate of drug-likeness (QED) is 0.323. The third kappa shape index (κ3) is 8.48. The van der Waals surface area contributed by atoms with Gasteiger partial charge in [0.15, 0.2) is 0 Å². The molecule has 1 rings (SSSR count). The van der Waals surface area contributed by atoms with Gasteiger partial charge in [-0.25, -0.2) is 0 Å². The van der Waals surface area contributed by atoms with Crippen molar-refractivity contribution in [3.05, 3.63) is 48.6 Å². The van der Waals surface area contributed by atoms with Gasteiger partial charge in [0.05, 0.1) is 0 Å². The molecule has 0 aliphatic rings. The van der Waals surface area contributed by atoms with E-state index in [0.717, 1.165) is 12.8 Å². The van der Waals surface area contributed by atoms with Gasteiger partial charge in [0, 0.05) is 6.42 Å². The number of ether oxygens (including phenoxy) is 1. The average molecular weight is 315 g/mol. The first-order valence-corrected chi connectivity index (χ1v) is 11.2. The summed E-state index contributed by atoms with van der Waals surface area (Å²) in [5, 5.41) is 0. The monoisotopic (exact) mass is 314 g/mol. The minimum absolute atomic E-state index is 0.112. The summed E-state index contributed by atoms with van der Waals surface area (Å²) < 4.78 is 5.53. The molecule has 0 bridgehead atoms. The fraction of sp³-hybridized carbons (Fsp3) is 0.421. The van der Waals surface area contributed by atoms with E-state index in [9.17, 15) is 4.79 Å². The molecule has 22 heavy (non-hydrogen) atoms. The van der Waals surface area contributed by atoms with Gasteiger partial charge < -0.3 is 4.74 Å². The van der Waals surface area contributed by atoms with Gasteiger partial charge in [-0.3, -0.25) is 4.79 Å². The first kappa shape index (κ1) is 18.3. The second-order valence-electron chi connectivity index (χ2n) is 6.39. The Kier molecular flexibility index (Phi) is 7.69. The molecular weight excluding hydrogens is 288 g/mol. The van der Waals surface area contributed by atoms with E-state index in [2.05, 4.69) is 49.8 Å². The highest BCUT2D eigenvalue weighted by atomic mass is 28.3. The maximum absolute atomic E-state index is 11.9. The van der Waals surface area contributed by atoms with Crippen molar-refractivity contribution < 1.29 is 9.53 Å². The van der Waals surface area contributed by atoms with Gasteiger partial charge in [-0.1, -0.05) is 62.0 Å². The first-order valence-electron chi connectivity index (χ1n) is 7.75. The Bertz CT molecular complexity index is 532. The third-order valence-electron chi connectivity index (χ3n) is 3.02. The number of benzene rings is 1. The Labute approximate surface area is 135 Å². The third-order valence-corrected chi connectivity index (χ3v) is 3.95. The van der Waals surface area contributed by atoms with E-state index in [0.29, 0.717) is 6.42 Å². The molecule has 1 atom stereocenters. The Morgan fingerprint density at radius 1 is 1.32 bits per heavy atom. The van der Waals surface area contributed by atoms with Crippen molar-refractivity contribution >= 4 is 14.0 Å². The molecular formula is C19H26O2Si. The SMILES string of the molecule is C=CC[C@H](CCc1ccccc1)OC(=O)CC#C[Si](C)(C)C. The van der Waals surface area contributed by atoms with E-state index in [-0.39, 0.29) is 18.5 Å². The molecule has 3 heteroatoms. The highest BCUT2D eigenvalue weighted by molar-refractivity contribution is 6.83. The molecule has 0 aliphatic heterocycles. The van der Waals surface area contributed by atoms with E-state index in [4.69, 9.17) is 4.74 Å². The maximum Gasteiger partial charge on any atom is 0.318 e. The maximum atomic E-state index is 11.9.